The van der Waals surface area contributed by atoms with Gasteiger partial charge in [0.25, 0.3) is 0 Å². The monoisotopic (exact) mass is 377 g/mol. The molecule has 0 aliphatic rings. The summed E-state index contributed by atoms with van der Waals surface area (Å²) in [7, 11) is 0. The highest BCUT2D eigenvalue weighted by molar-refractivity contribution is 6.05. The summed E-state index contributed by atoms with van der Waals surface area (Å²) in [6.45, 7) is 2.08. The van der Waals surface area contributed by atoms with Gasteiger partial charge in [0.1, 0.15) is 5.56 Å². The van der Waals surface area contributed by atoms with Crippen molar-refractivity contribution in [1.82, 2.24) is 4.98 Å². The third kappa shape index (κ3) is 3.88. The molecule has 4 aromatic rings. The first-order valence-electron chi connectivity index (χ1n) is 9.50. The highest BCUT2D eigenvalue weighted by atomic mass is 16.5. The Morgan fingerprint density at radius 3 is 2.24 bits per heavy atom. The lowest BCUT2D eigenvalue weighted by molar-refractivity contribution is 0.0527. The largest absolute Gasteiger partial charge is 0.462 e. The second kappa shape index (κ2) is 8.41. The number of esters is 1. The predicted octanol–water partition coefficient (Wildman–Crippen LogP) is 5.48. The van der Waals surface area contributed by atoms with Crippen LogP contribution in [0.5, 0.6) is 0 Å². The molecule has 0 N–H and O–H groups in total. The minimum Gasteiger partial charge on any atom is -0.462 e. The first-order valence-corrected chi connectivity index (χ1v) is 9.50. The molecule has 0 bridgehead atoms. The van der Waals surface area contributed by atoms with Gasteiger partial charge in [-0.1, -0.05) is 78.6 Å². The van der Waals surface area contributed by atoms with Crippen LogP contribution in [-0.4, -0.2) is 17.6 Å². The van der Waals surface area contributed by atoms with Crippen LogP contribution in [0.2, 0.25) is 0 Å². The Morgan fingerprint density at radius 2 is 1.52 bits per heavy atom. The number of aromatic nitrogens is 1. The molecule has 0 unspecified atom stereocenters. The first-order chi connectivity index (χ1) is 14.3. The van der Waals surface area contributed by atoms with Crippen LogP contribution in [0.15, 0.2) is 84.9 Å². The van der Waals surface area contributed by atoms with E-state index in [0.717, 1.165) is 22.0 Å². The number of carbonyl (C=O) groups is 1. The predicted molar refractivity (Wildman–Crippen MR) is 116 cm³/mol. The number of carbonyl (C=O) groups excluding carboxylic acids is 1. The zero-order valence-corrected chi connectivity index (χ0v) is 16.1. The third-order valence-corrected chi connectivity index (χ3v) is 4.52. The van der Waals surface area contributed by atoms with E-state index in [2.05, 4.69) is 11.8 Å². The Labute approximate surface area is 170 Å². The number of hydrogen-bond acceptors (Lipinski definition) is 3. The van der Waals surface area contributed by atoms with Crippen LogP contribution in [0.1, 0.15) is 28.4 Å². The number of rotatable bonds is 3. The molecule has 0 aliphatic carbocycles. The zero-order valence-electron chi connectivity index (χ0n) is 16.1. The molecule has 3 nitrogen and oxygen atoms in total. The van der Waals surface area contributed by atoms with Crippen molar-refractivity contribution >= 4 is 16.9 Å². The number of fused-ring (bicyclic) bond motifs is 1. The fourth-order valence-electron chi connectivity index (χ4n) is 3.20. The first kappa shape index (κ1) is 18.5. The van der Waals surface area contributed by atoms with Crippen LogP contribution >= 0.6 is 0 Å². The Balaban J connectivity index is 2.04. The van der Waals surface area contributed by atoms with Crippen LogP contribution in [0.4, 0.5) is 0 Å². The van der Waals surface area contributed by atoms with Crippen molar-refractivity contribution in [2.45, 2.75) is 6.92 Å². The molecular weight excluding hydrogens is 358 g/mol. The molecule has 0 radical (unpaired) electrons. The molecule has 0 fully saturated rings. The SMILES string of the molecule is CCOC(=O)c1c(-c2ccccc2)nc2ccccc2c1C#Cc1ccccc1. The van der Waals surface area contributed by atoms with Gasteiger partial charge < -0.3 is 4.74 Å². The van der Waals surface area contributed by atoms with Gasteiger partial charge in [-0.3, -0.25) is 0 Å². The van der Waals surface area contributed by atoms with Gasteiger partial charge in [0.05, 0.1) is 23.4 Å². The quantitative estimate of drug-likeness (QED) is 0.351. The van der Waals surface area contributed by atoms with Gasteiger partial charge in [-0.05, 0) is 25.1 Å². The Hall–Kier alpha value is -3.90. The number of pyridine rings is 1. The topological polar surface area (TPSA) is 39.2 Å². The summed E-state index contributed by atoms with van der Waals surface area (Å²) < 4.78 is 5.39. The van der Waals surface area contributed by atoms with E-state index in [1.807, 2.05) is 84.9 Å². The van der Waals surface area contributed by atoms with Gasteiger partial charge in [-0.2, -0.15) is 0 Å². The van der Waals surface area contributed by atoms with E-state index >= 15 is 0 Å². The molecule has 29 heavy (non-hydrogen) atoms. The molecular formula is C26H19NO2. The van der Waals surface area contributed by atoms with E-state index in [9.17, 15) is 4.79 Å². The molecule has 0 saturated heterocycles. The Morgan fingerprint density at radius 1 is 0.862 bits per heavy atom. The van der Waals surface area contributed by atoms with E-state index in [1.165, 1.54) is 0 Å². The molecule has 0 amide bonds. The van der Waals surface area contributed by atoms with Crippen molar-refractivity contribution in [3.05, 3.63) is 102 Å². The summed E-state index contributed by atoms with van der Waals surface area (Å²) in [5.41, 5.74) is 4.14. The highest BCUT2D eigenvalue weighted by Crippen LogP contribution is 2.30. The number of benzene rings is 3. The van der Waals surface area contributed by atoms with Crippen molar-refractivity contribution in [2.24, 2.45) is 0 Å². The molecule has 1 heterocycles. The van der Waals surface area contributed by atoms with Gasteiger partial charge in [0.2, 0.25) is 0 Å². The molecule has 3 heteroatoms. The maximum absolute atomic E-state index is 13.0. The lowest BCUT2D eigenvalue weighted by Crippen LogP contribution is -2.11. The molecule has 140 valence electrons. The second-order valence-corrected chi connectivity index (χ2v) is 6.43. The van der Waals surface area contributed by atoms with Crippen LogP contribution in [0, 0.1) is 11.8 Å². The molecule has 0 aliphatic heterocycles. The van der Waals surface area contributed by atoms with Gasteiger partial charge in [0.15, 0.2) is 0 Å². The van der Waals surface area contributed by atoms with Crippen LogP contribution < -0.4 is 0 Å². The summed E-state index contributed by atoms with van der Waals surface area (Å²) in [5, 5.41) is 0.832. The van der Waals surface area contributed by atoms with Gasteiger partial charge >= 0.3 is 5.97 Å². The zero-order chi connectivity index (χ0) is 20.1. The lowest BCUT2D eigenvalue weighted by Gasteiger charge is -2.13. The molecule has 4 rings (SSSR count). The third-order valence-electron chi connectivity index (χ3n) is 4.52. The van der Waals surface area contributed by atoms with Crippen LogP contribution in [-0.2, 0) is 4.74 Å². The number of para-hydroxylation sites is 1. The normalized spacial score (nSPS) is 10.2. The standard InChI is InChI=1S/C26H19NO2/c1-2-29-26(28)24-22(18-17-19-11-5-3-6-12-19)21-15-9-10-16-23(21)27-25(24)20-13-7-4-8-14-20/h3-16H,2H2,1H3. The van der Waals surface area contributed by atoms with E-state index in [-0.39, 0.29) is 6.61 Å². The van der Waals surface area contributed by atoms with Gasteiger partial charge in [0, 0.05) is 16.5 Å². The van der Waals surface area contributed by atoms with Gasteiger partial charge in [-0.25, -0.2) is 9.78 Å². The molecule has 1 aromatic heterocycles. The van der Waals surface area contributed by atoms with E-state index < -0.39 is 5.97 Å². The molecule has 0 atom stereocenters. The van der Waals surface area contributed by atoms with Crippen molar-refractivity contribution < 1.29 is 9.53 Å². The summed E-state index contributed by atoms with van der Waals surface area (Å²) in [6.07, 6.45) is 0. The van der Waals surface area contributed by atoms with Gasteiger partial charge in [-0.15, -0.1) is 0 Å². The molecule has 0 saturated carbocycles. The summed E-state index contributed by atoms with van der Waals surface area (Å²) >= 11 is 0. The lowest BCUT2D eigenvalue weighted by atomic mass is 9.96. The van der Waals surface area contributed by atoms with Crippen molar-refractivity contribution in [2.75, 3.05) is 6.61 Å². The number of ether oxygens (including phenoxy) is 1. The second-order valence-electron chi connectivity index (χ2n) is 6.43. The average Bonchev–Trinajstić information content (AvgIpc) is 2.78. The minimum absolute atomic E-state index is 0.283. The Bertz CT molecular complexity index is 1220. The highest BCUT2D eigenvalue weighted by Gasteiger charge is 2.22. The molecule has 0 spiro atoms. The van der Waals surface area contributed by atoms with E-state index in [1.54, 1.807) is 6.92 Å². The van der Waals surface area contributed by atoms with Crippen molar-refractivity contribution in [3.63, 3.8) is 0 Å². The summed E-state index contributed by atoms with van der Waals surface area (Å²) in [6, 6.07) is 27.1. The fourth-order valence-corrected chi connectivity index (χ4v) is 3.20. The summed E-state index contributed by atoms with van der Waals surface area (Å²) in [4.78, 5) is 17.8. The minimum atomic E-state index is -0.415. The van der Waals surface area contributed by atoms with E-state index in [0.29, 0.717) is 16.8 Å². The van der Waals surface area contributed by atoms with E-state index in [4.69, 9.17) is 9.72 Å². The Kier molecular flexibility index (Phi) is 5.36. The van der Waals surface area contributed by atoms with Crippen LogP contribution in [0.3, 0.4) is 0 Å². The smallest absolute Gasteiger partial charge is 0.341 e. The number of nitrogens with zero attached hydrogens (tertiary/aromatic N) is 1. The average molecular weight is 377 g/mol. The number of hydrogen-bond donors (Lipinski definition) is 0. The maximum atomic E-state index is 13.0. The van der Waals surface area contributed by atoms with Crippen LogP contribution in [0.25, 0.3) is 22.2 Å². The summed E-state index contributed by atoms with van der Waals surface area (Å²) in [5.74, 6) is 6.00. The molecule has 3 aromatic carbocycles. The van der Waals surface area contributed by atoms with Crippen molar-refractivity contribution in [1.29, 1.82) is 0 Å². The maximum Gasteiger partial charge on any atom is 0.341 e. The fraction of sp³-hybridized carbons (Fsp3) is 0.0769. The van der Waals surface area contributed by atoms with Crippen molar-refractivity contribution in [3.8, 4) is 23.1 Å².